The van der Waals surface area contributed by atoms with Crippen LogP contribution in [0.1, 0.15) is 25.7 Å². The summed E-state index contributed by atoms with van der Waals surface area (Å²) >= 11 is 1.31. The summed E-state index contributed by atoms with van der Waals surface area (Å²) < 4.78 is 32.9. The Hall–Kier alpha value is -2.85. The van der Waals surface area contributed by atoms with Crippen molar-refractivity contribution in [3.63, 3.8) is 0 Å². The van der Waals surface area contributed by atoms with Crippen LogP contribution in [0.4, 0.5) is 5.69 Å². The molecule has 0 atom stereocenters. The molecule has 170 valence electrons. The van der Waals surface area contributed by atoms with Gasteiger partial charge in [0.1, 0.15) is 5.84 Å². The second-order valence-electron chi connectivity index (χ2n) is 7.08. The molecule has 1 amide bonds. The minimum absolute atomic E-state index is 0.0125. The van der Waals surface area contributed by atoms with Crippen LogP contribution >= 0.6 is 11.8 Å². The summed E-state index contributed by atoms with van der Waals surface area (Å²) in [6.45, 7) is 0.150. The summed E-state index contributed by atoms with van der Waals surface area (Å²) in [5.74, 6) is -0.532. The lowest BCUT2D eigenvalue weighted by Gasteiger charge is -2.11. The van der Waals surface area contributed by atoms with E-state index in [2.05, 4.69) is 15.0 Å². The highest BCUT2D eigenvalue weighted by atomic mass is 32.2. The first-order valence-electron chi connectivity index (χ1n) is 10.2. The quantitative estimate of drug-likeness (QED) is 0.448. The van der Waals surface area contributed by atoms with Crippen molar-refractivity contribution in [1.29, 1.82) is 0 Å². The Morgan fingerprint density at radius 1 is 1.03 bits per heavy atom. The van der Waals surface area contributed by atoms with E-state index in [9.17, 15) is 18.0 Å². The second kappa shape index (κ2) is 11.7. The molecule has 1 heterocycles. The summed E-state index contributed by atoms with van der Waals surface area (Å²) in [5, 5.41) is 2.55. The van der Waals surface area contributed by atoms with E-state index in [1.165, 1.54) is 30.0 Å². The maximum atomic E-state index is 12.7. The number of carbonyl (C=O) groups excluding carboxylic acids is 2. The molecule has 0 bridgehead atoms. The van der Waals surface area contributed by atoms with Gasteiger partial charge in [0.15, 0.2) is 6.61 Å². The molecular weight excluding hydrogens is 450 g/mol. The van der Waals surface area contributed by atoms with Crippen LogP contribution in [0.15, 0.2) is 69.4 Å². The minimum atomic E-state index is -3.81. The number of hydrogen-bond acceptors (Lipinski definition) is 7. The van der Waals surface area contributed by atoms with E-state index in [-0.39, 0.29) is 16.3 Å². The largest absolute Gasteiger partial charge is 0.455 e. The highest BCUT2D eigenvalue weighted by Gasteiger charge is 2.18. The SMILES string of the molecule is O=C(COC(=O)CSc1ccccc1)Nc1cccc(S(=O)(=O)NC2=NCCCCC2)c1. The van der Waals surface area contributed by atoms with E-state index in [4.69, 9.17) is 4.74 Å². The van der Waals surface area contributed by atoms with Crippen LogP contribution in [0.2, 0.25) is 0 Å². The van der Waals surface area contributed by atoms with Crippen molar-refractivity contribution in [2.75, 3.05) is 24.2 Å². The van der Waals surface area contributed by atoms with Crippen molar-refractivity contribution < 1.29 is 22.7 Å². The van der Waals surface area contributed by atoms with E-state index >= 15 is 0 Å². The molecule has 10 heteroatoms. The minimum Gasteiger partial charge on any atom is -0.455 e. The third kappa shape index (κ3) is 7.69. The highest BCUT2D eigenvalue weighted by molar-refractivity contribution is 8.00. The van der Waals surface area contributed by atoms with Gasteiger partial charge >= 0.3 is 5.97 Å². The highest BCUT2D eigenvalue weighted by Crippen LogP contribution is 2.18. The van der Waals surface area contributed by atoms with Crippen molar-refractivity contribution in [3.05, 3.63) is 54.6 Å². The normalized spacial score (nSPS) is 14.1. The maximum absolute atomic E-state index is 12.7. The Labute approximate surface area is 191 Å². The number of thioether (sulfide) groups is 1. The molecule has 0 radical (unpaired) electrons. The molecule has 0 saturated heterocycles. The lowest BCUT2D eigenvalue weighted by Crippen LogP contribution is -2.30. The van der Waals surface area contributed by atoms with Gasteiger partial charge < -0.3 is 10.1 Å². The average molecular weight is 476 g/mol. The molecule has 0 spiro atoms. The molecule has 2 N–H and O–H groups in total. The van der Waals surface area contributed by atoms with Gasteiger partial charge in [0.25, 0.3) is 15.9 Å². The number of amides is 1. The fourth-order valence-electron chi connectivity index (χ4n) is 2.96. The Morgan fingerprint density at radius 2 is 1.84 bits per heavy atom. The van der Waals surface area contributed by atoms with Crippen molar-refractivity contribution in [2.24, 2.45) is 4.99 Å². The van der Waals surface area contributed by atoms with Crippen LogP contribution in [0.5, 0.6) is 0 Å². The fraction of sp³-hybridized carbons (Fsp3) is 0.318. The van der Waals surface area contributed by atoms with Crippen LogP contribution in [-0.2, 0) is 24.3 Å². The molecular formula is C22H25N3O5S2. The van der Waals surface area contributed by atoms with Gasteiger partial charge in [0, 0.05) is 23.5 Å². The number of esters is 1. The van der Waals surface area contributed by atoms with Gasteiger partial charge in [0.05, 0.1) is 10.6 Å². The molecule has 2 aromatic carbocycles. The molecule has 0 aromatic heterocycles. The number of nitrogens with one attached hydrogen (secondary N) is 2. The van der Waals surface area contributed by atoms with Gasteiger partial charge in [-0.15, -0.1) is 11.8 Å². The third-order valence-electron chi connectivity index (χ3n) is 4.52. The summed E-state index contributed by atoms with van der Waals surface area (Å²) in [6.07, 6.45) is 3.44. The van der Waals surface area contributed by atoms with E-state index in [1.807, 2.05) is 30.3 Å². The van der Waals surface area contributed by atoms with E-state index in [0.717, 1.165) is 24.2 Å². The molecule has 8 nitrogen and oxygen atoms in total. The molecule has 0 fully saturated rings. The number of carbonyl (C=O) groups is 2. The summed E-state index contributed by atoms with van der Waals surface area (Å²) in [5.41, 5.74) is 0.287. The summed E-state index contributed by atoms with van der Waals surface area (Å²) in [4.78, 5) is 29.2. The summed E-state index contributed by atoms with van der Waals surface area (Å²) in [7, 11) is -3.81. The van der Waals surface area contributed by atoms with Crippen molar-refractivity contribution in [3.8, 4) is 0 Å². The fourth-order valence-corrected chi connectivity index (χ4v) is 4.81. The Kier molecular flexibility index (Phi) is 8.69. The number of anilines is 1. The predicted molar refractivity (Wildman–Crippen MR) is 124 cm³/mol. The molecule has 32 heavy (non-hydrogen) atoms. The zero-order valence-electron chi connectivity index (χ0n) is 17.5. The van der Waals surface area contributed by atoms with Gasteiger partial charge in [-0.3, -0.25) is 19.3 Å². The van der Waals surface area contributed by atoms with Gasteiger partial charge in [-0.1, -0.05) is 30.7 Å². The number of nitrogens with zero attached hydrogens (tertiary/aromatic N) is 1. The van der Waals surface area contributed by atoms with Crippen molar-refractivity contribution in [1.82, 2.24) is 4.72 Å². The number of ether oxygens (including phenoxy) is 1. The Bertz CT molecular complexity index is 1070. The Balaban J connectivity index is 1.50. The summed E-state index contributed by atoms with van der Waals surface area (Å²) in [6, 6.07) is 15.3. The number of amidine groups is 1. The molecule has 0 saturated carbocycles. The van der Waals surface area contributed by atoms with Gasteiger partial charge in [-0.25, -0.2) is 8.42 Å². The molecule has 1 aliphatic rings. The number of benzene rings is 2. The van der Waals surface area contributed by atoms with Crippen molar-refractivity contribution in [2.45, 2.75) is 35.5 Å². The number of rotatable bonds is 8. The Morgan fingerprint density at radius 3 is 2.66 bits per heavy atom. The van der Waals surface area contributed by atoms with Crippen LogP contribution in [0.25, 0.3) is 0 Å². The zero-order valence-corrected chi connectivity index (χ0v) is 19.1. The zero-order chi connectivity index (χ0) is 22.8. The lowest BCUT2D eigenvalue weighted by molar-refractivity contribution is -0.144. The topological polar surface area (TPSA) is 114 Å². The lowest BCUT2D eigenvalue weighted by atomic mass is 10.2. The monoisotopic (exact) mass is 475 g/mol. The van der Waals surface area contributed by atoms with E-state index < -0.39 is 28.5 Å². The van der Waals surface area contributed by atoms with Crippen LogP contribution < -0.4 is 10.0 Å². The van der Waals surface area contributed by atoms with E-state index in [1.54, 1.807) is 6.07 Å². The standard InChI is InChI=1S/C22H25N3O5S2/c26-21(15-30-22(27)16-31-18-9-3-1-4-10-18)24-17-8-7-11-19(14-17)32(28,29)25-20-12-5-2-6-13-23-20/h1,3-4,7-11,14H,2,5-6,12-13,15-16H2,(H,23,25)(H,24,26). The van der Waals surface area contributed by atoms with Crippen LogP contribution in [0, 0.1) is 0 Å². The number of hydrogen-bond donors (Lipinski definition) is 2. The molecule has 0 aliphatic carbocycles. The number of sulfonamides is 1. The third-order valence-corrected chi connectivity index (χ3v) is 6.88. The van der Waals surface area contributed by atoms with Gasteiger partial charge in [-0.05, 0) is 43.2 Å². The predicted octanol–water partition coefficient (Wildman–Crippen LogP) is 3.21. The van der Waals surface area contributed by atoms with Gasteiger partial charge in [-0.2, -0.15) is 0 Å². The molecule has 2 aromatic rings. The first-order valence-corrected chi connectivity index (χ1v) is 12.7. The molecule has 3 rings (SSSR count). The smallest absolute Gasteiger partial charge is 0.316 e. The second-order valence-corrected chi connectivity index (χ2v) is 9.81. The number of aliphatic imine (C=N–C) groups is 1. The molecule has 1 aliphatic heterocycles. The van der Waals surface area contributed by atoms with Gasteiger partial charge in [0.2, 0.25) is 0 Å². The average Bonchev–Trinajstić information content (AvgIpc) is 3.05. The maximum Gasteiger partial charge on any atom is 0.316 e. The molecule has 0 unspecified atom stereocenters. The van der Waals surface area contributed by atoms with Crippen LogP contribution in [-0.4, -0.2) is 45.0 Å². The van der Waals surface area contributed by atoms with Crippen LogP contribution in [0.3, 0.4) is 0 Å². The van der Waals surface area contributed by atoms with E-state index in [0.29, 0.717) is 18.8 Å². The first kappa shape index (κ1) is 23.8. The first-order chi connectivity index (χ1) is 15.4. The van der Waals surface area contributed by atoms with Crippen molar-refractivity contribution >= 4 is 45.2 Å².